The van der Waals surface area contributed by atoms with Gasteiger partial charge in [-0.2, -0.15) is 0 Å². The number of nitrogens with zero attached hydrogens (tertiary/aromatic N) is 1. The fourth-order valence-electron chi connectivity index (χ4n) is 6.06. The lowest BCUT2D eigenvalue weighted by atomic mass is 9.89. The van der Waals surface area contributed by atoms with Gasteiger partial charge < -0.3 is 4.74 Å². The Morgan fingerprint density at radius 3 is 1.85 bits per heavy atom. The first-order chi connectivity index (χ1) is 20.1. The van der Waals surface area contributed by atoms with E-state index in [0.29, 0.717) is 23.7 Å². The van der Waals surface area contributed by atoms with Crippen LogP contribution in [0.2, 0.25) is 0 Å². The zero-order valence-electron chi connectivity index (χ0n) is 26.0. The summed E-state index contributed by atoms with van der Waals surface area (Å²) in [6.07, 6.45) is 20.6. The topological polar surface area (TPSA) is 46.6 Å². The van der Waals surface area contributed by atoms with Crippen molar-refractivity contribution in [3.05, 3.63) is 65.7 Å². The van der Waals surface area contributed by atoms with Crippen molar-refractivity contribution in [1.82, 2.24) is 4.90 Å². The lowest BCUT2D eigenvalue weighted by Crippen LogP contribution is -2.44. The summed E-state index contributed by atoms with van der Waals surface area (Å²) in [5.74, 6) is 1.16. The van der Waals surface area contributed by atoms with E-state index in [1.165, 1.54) is 76.2 Å². The van der Waals surface area contributed by atoms with Gasteiger partial charge in [-0.25, -0.2) is 0 Å². The minimum atomic E-state index is -0.182. The first-order valence-electron chi connectivity index (χ1n) is 16.7. The predicted octanol–water partition coefficient (Wildman–Crippen LogP) is 9.60. The van der Waals surface area contributed by atoms with E-state index in [-0.39, 0.29) is 17.8 Å². The molecule has 0 aromatic heterocycles. The van der Waals surface area contributed by atoms with E-state index in [9.17, 15) is 9.59 Å². The van der Waals surface area contributed by atoms with Crippen LogP contribution in [-0.2, 0) is 11.2 Å². The molecule has 0 amide bonds. The van der Waals surface area contributed by atoms with Crippen molar-refractivity contribution in [3.8, 4) is 5.75 Å². The Labute approximate surface area is 250 Å². The molecule has 0 N–H and O–H groups in total. The molecule has 2 aromatic carbocycles. The smallest absolute Gasteiger partial charge is 0.311 e. The van der Waals surface area contributed by atoms with Crippen molar-refractivity contribution in [3.63, 3.8) is 0 Å². The molecule has 1 fully saturated rings. The SMILES string of the molecule is CCCCCCCCCCCCCCCC(=O)Oc1ccc(C(=O)C(C)N2CCC(Cc3ccccc3)CC2)cc1. The number of carbonyl (C=O) groups is 2. The second-order valence-corrected chi connectivity index (χ2v) is 12.2. The third kappa shape index (κ3) is 12.9. The van der Waals surface area contributed by atoms with Crippen molar-refractivity contribution < 1.29 is 14.3 Å². The summed E-state index contributed by atoms with van der Waals surface area (Å²) in [6, 6.07) is 17.7. The third-order valence-electron chi connectivity index (χ3n) is 8.80. The van der Waals surface area contributed by atoms with E-state index in [2.05, 4.69) is 42.2 Å². The number of hydrogen-bond acceptors (Lipinski definition) is 4. The lowest BCUT2D eigenvalue weighted by molar-refractivity contribution is -0.134. The number of esters is 1. The number of piperidine rings is 1. The van der Waals surface area contributed by atoms with Gasteiger partial charge in [0.2, 0.25) is 0 Å². The van der Waals surface area contributed by atoms with Gasteiger partial charge in [0.25, 0.3) is 0 Å². The van der Waals surface area contributed by atoms with Gasteiger partial charge in [0.15, 0.2) is 5.78 Å². The van der Waals surface area contributed by atoms with Crippen LogP contribution < -0.4 is 4.74 Å². The fourth-order valence-corrected chi connectivity index (χ4v) is 6.06. The standard InChI is InChI=1S/C37H55NO3/c1-3-4-5-6-7-8-9-10-11-12-13-14-18-21-36(39)41-35-24-22-34(23-25-35)37(40)31(2)38-28-26-33(27-29-38)30-32-19-16-15-17-20-32/h15-17,19-20,22-25,31,33H,3-14,18,21,26-30H2,1-2H3. The molecule has 0 aliphatic carbocycles. The quantitative estimate of drug-likeness (QED) is 0.0699. The number of likely N-dealkylation sites (tertiary alicyclic amines) is 1. The minimum Gasteiger partial charge on any atom is -0.427 e. The monoisotopic (exact) mass is 561 g/mol. The molecule has 0 spiro atoms. The van der Waals surface area contributed by atoms with Crippen molar-refractivity contribution in [2.45, 2.75) is 129 Å². The molecule has 1 saturated heterocycles. The zero-order valence-corrected chi connectivity index (χ0v) is 26.0. The second-order valence-electron chi connectivity index (χ2n) is 12.2. The number of hydrogen-bond donors (Lipinski definition) is 0. The maximum Gasteiger partial charge on any atom is 0.311 e. The molecule has 4 heteroatoms. The summed E-state index contributed by atoms with van der Waals surface area (Å²) in [5, 5.41) is 0. The Morgan fingerprint density at radius 2 is 1.29 bits per heavy atom. The van der Waals surface area contributed by atoms with Crippen LogP contribution >= 0.6 is 0 Å². The Kier molecular flexibility index (Phi) is 15.8. The Bertz CT molecular complexity index is 979. The number of benzene rings is 2. The Morgan fingerprint density at radius 1 is 0.756 bits per heavy atom. The lowest BCUT2D eigenvalue weighted by Gasteiger charge is -2.35. The summed E-state index contributed by atoms with van der Waals surface area (Å²) >= 11 is 0. The molecular formula is C37H55NO3. The van der Waals surface area contributed by atoms with Crippen molar-refractivity contribution in [2.24, 2.45) is 5.92 Å². The van der Waals surface area contributed by atoms with Crippen LogP contribution in [0.25, 0.3) is 0 Å². The third-order valence-corrected chi connectivity index (χ3v) is 8.80. The van der Waals surface area contributed by atoms with Crippen LogP contribution in [0.5, 0.6) is 5.75 Å². The second kappa shape index (κ2) is 19.6. The average molecular weight is 562 g/mol. The summed E-state index contributed by atoms with van der Waals surface area (Å²) in [4.78, 5) is 27.8. The van der Waals surface area contributed by atoms with Crippen LogP contribution in [0.4, 0.5) is 0 Å². The summed E-state index contributed by atoms with van der Waals surface area (Å²) in [6.45, 7) is 6.20. The van der Waals surface area contributed by atoms with E-state index < -0.39 is 0 Å². The number of ketones is 1. The molecule has 1 unspecified atom stereocenters. The zero-order chi connectivity index (χ0) is 29.1. The number of Topliss-reactive ketones (excluding diaryl/α,β-unsaturated/α-hetero) is 1. The molecule has 0 saturated carbocycles. The van der Waals surface area contributed by atoms with Gasteiger partial charge in [-0.3, -0.25) is 14.5 Å². The van der Waals surface area contributed by atoms with E-state index >= 15 is 0 Å². The van der Waals surface area contributed by atoms with Crippen LogP contribution in [0, 0.1) is 5.92 Å². The van der Waals surface area contributed by atoms with Crippen molar-refractivity contribution >= 4 is 11.8 Å². The van der Waals surface area contributed by atoms with Gasteiger partial charge in [-0.15, -0.1) is 0 Å². The first kappa shape index (κ1) is 33.0. The number of ether oxygens (including phenoxy) is 1. The van der Waals surface area contributed by atoms with Crippen LogP contribution in [0.1, 0.15) is 133 Å². The van der Waals surface area contributed by atoms with E-state index in [1.807, 2.05) is 6.92 Å². The van der Waals surface area contributed by atoms with Gasteiger partial charge in [0.1, 0.15) is 5.75 Å². The molecule has 0 bridgehead atoms. The van der Waals surface area contributed by atoms with Crippen LogP contribution in [-0.4, -0.2) is 35.8 Å². The normalized spacial score (nSPS) is 15.1. The Balaban J connectivity index is 1.24. The highest BCUT2D eigenvalue weighted by Crippen LogP contribution is 2.24. The molecule has 3 rings (SSSR count). The molecule has 2 aromatic rings. The highest BCUT2D eigenvalue weighted by atomic mass is 16.5. The van der Waals surface area contributed by atoms with Gasteiger partial charge in [0.05, 0.1) is 6.04 Å². The van der Waals surface area contributed by atoms with Crippen LogP contribution in [0.15, 0.2) is 54.6 Å². The maximum absolute atomic E-state index is 13.2. The summed E-state index contributed by atoms with van der Waals surface area (Å²) in [5.41, 5.74) is 2.08. The molecule has 4 nitrogen and oxygen atoms in total. The van der Waals surface area contributed by atoms with Crippen molar-refractivity contribution in [2.75, 3.05) is 13.1 Å². The van der Waals surface area contributed by atoms with Gasteiger partial charge in [-0.1, -0.05) is 114 Å². The summed E-state index contributed by atoms with van der Waals surface area (Å²) < 4.78 is 5.53. The fraction of sp³-hybridized carbons (Fsp3) is 0.622. The van der Waals surface area contributed by atoms with Gasteiger partial charge in [0, 0.05) is 12.0 Å². The molecule has 1 aliphatic heterocycles. The minimum absolute atomic E-state index is 0.136. The van der Waals surface area contributed by atoms with E-state index in [1.54, 1.807) is 24.3 Å². The molecule has 1 heterocycles. The van der Waals surface area contributed by atoms with Crippen molar-refractivity contribution in [1.29, 1.82) is 0 Å². The van der Waals surface area contributed by atoms with Gasteiger partial charge >= 0.3 is 5.97 Å². The van der Waals surface area contributed by atoms with Crippen LogP contribution in [0.3, 0.4) is 0 Å². The van der Waals surface area contributed by atoms with E-state index in [4.69, 9.17) is 4.74 Å². The highest BCUT2D eigenvalue weighted by molar-refractivity contribution is 6.00. The van der Waals surface area contributed by atoms with E-state index in [0.717, 1.165) is 45.2 Å². The molecule has 226 valence electrons. The molecule has 1 atom stereocenters. The first-order valence-corrected chi connectivity index (χ1v) is 16.7. The predicted molar refractivity (Wildman–Crippen MR) is 171 cm³/mol. The summed E-state index contributed by atoms with van der Waals surface area (Å²) in [7, 11) is 0. The Hall–Kier alpha value is -2.46. The molecule has 1 aliphatic rings. The molecule has 41 heavy (non-hydrogen) atoms. The number of rotatable bonds is 20. The average Bonchev–Trinajstić information content (AvgIpc) is 3.00. The largest absolute Gasteiger partial charge is 0.427 e. The molecular weight excluding hydrogens is 506 g/mol. The number of unbranched alkanes of at least 4 members (excludes halogenated alkanes) is 12. The van der Waals surface area contributed by atoms with Gasteiger partial charge in [-0.05, 0) is 81.4 Å². The highest BCUT2D eigenvalue weighted by Gasteiger charge is 2.27. The number of carbonyl (C=O) groups excluding carboxylic acids is 2. The maximum atomic E-state index is 13.2. The molecule has 0 radical (unpaired) electrons.